The molecule has 0 bridgehead atoms. The number of aryl methyl sites for hydroxylation is 1. The first-order valence-corrected chi connectivity index (χ1v) is 8.93. The Morgan fingerprint density at radius 2 is 2.12 bits per heavy atom. The summed E-state index contributed by atoms with van der Waals surface area (Å²) >= 11 is 0. The molecule has 26 heavy (non-hydrogen) atoms. The van der Waals surface area contributed by atoms with Gasteiger partial charge in [-0.2, -0.15) is 0 Å². The first-order chi connectivity index (χ1) is 12.3. The number of hydrogen-bond donors (Lipinski definition) is 2. The smallest absolute Gasteiger partial charge is 0.321 e. The van der Waals surface area contributed by atoms with Crippen LogP contribution in [0.15, 0.2) is 18.2 Å². The average Bonchev–Trinajstić information content (AvgIpc) is 2.61. The summed E-state index contributed by atoms with van der Waals surface area (Å²) in [7, 11) is 4.92. The van der Waals surface area contributed by atoms with Crippen LogP contribution in [-0.2, 0) is 11.2 Å². The summed E-state index contributed by atoms with van der Waals surface area (Å²) in [6.45, 7) is 2.73. The van der Waals surface area contributed by atoms with Crippen molar-refractivity contribution in [3.05, 3.63) is 23.8 Å². The average molecular weight is 363 g/mol. The van der Waals surface area contributed by atoms with Crippen LogP contribution < -0.4 is 10.1 Å². The number of likely N-dealkylation sites (tertiary alicyclic amines) is 1. The molecule has 2 rings (SSSR count). The van der Waals surface area contributed by atoms with Gasteiger partial charge in [-0.05, 0) is 30.9 Å². The molecular weight excluding hydrogens is 334 g/mol. The third kappa shape index (κ3) is 4.88. The van der Waals surface area contributed by atoms with E-state index < -0.39 is 5.60 Å². The van der Waals surface area contributed by atoms with Gasteiger partial charge in [0.15, 0.2) is 0 Å². The van der Waals surface area contributed by atoms with E-state index in [0.29, 0.717) is 25.1 Å². The molecule has 1 aromatic carbocycles. The highest BCUT2D eigenvalue weighted by atomic mass is 16.5. The van der Waals surface area contributed by atoms with Gasteiger partial charge in [-0.25, -0.2) is 4.79 Å². The number of benzene rings is 1. The summed E-state index contributed by atoms with van der Waals surface area (Å²) in [5.41, 5.74) is 0.531. The molecule has 1 aliphatic rings. The number of piperidine rings is 1. The third-order valence-corrected chi connectivity index (χ3v) is 4.74. The first-order valence-electron chi connectivity index (χ1n) is 8.93. The fraction of sp³-hybridized carbons (Fsp3) is 0.579. The van der Waals surface area contributed by atoms with Crippen molar-refractivity contribution in [1.82, 2.24) is 9.80 Å². The van der Waals surface area contributed by atoms with Crippen LogP contribution in [-0.4, -0.2) is 66.7 Å². The van der Waals surface area contributed by atoms with Crippen LogP contribution in [0.3, 0.4) is 0 Å². The number of urea groups is 1. The van der Waals surface area contributed by atoms with E-state index >= 15 is 0 Å². The van der Waals surface area contributed by atoms with Crippen LogP contribution in [0.1, 0.15) is 31.7 Å². The molecule has 1 unspecified atom stereocenters. The van der Waals surface area contributed by atoms with Crippen molar-refractivity contribution in [3.8, 4) is 5.75 Å². The lowest BCUT2D eigenvalue weighted by Gasteiger charge is -2.39. The van der Waals surface area contributed by atoms with Crippen molar-refractivity contribution >= 4 is 17.6 Å². The van der Waals surface area contributed by atoms with E-state index in [0.717, 1.165) is 17.7 Å². The SMILES string of the molecule is CCc1ccc(NC(=O)N2CCCC(O)(CC(=O)N(C)C)C2)cc1OC. The van der Waals surface area contributed by atoms with Crippen molar-refractivity contribution in [2.24, 2.45) is 0 Å². The Morgan fingerprint density at radius 1 is 1.38 bits per heavy atom. The third-order valence-electron chi connectivity index (χ3n) is 4.74. The molecule has 1 fully saturated rings. The van der Waals surface area contributed by atoms with Gasteiger partial charge in [-0.3, -0.25) is 4.79 Å². The summed E-state index contributed by atoms with van der Waals surface area (Å²) in [5, 5.41) is 13.6. The predicted molar refractivity (Wildman–Crippen MR) is 100 cm³/mol. The zero-order chi connectivity index (χ0) is 19.3. The van der Waals surface area contributed by atoms with Gasteiger partial charge in [0, 0.05) is 32.4 Å². The number of β-amino-alcohol motifs (C(OH)–C–C–N with tert-alkyl or cyclic N) is 1. The summed E-state index contributed by atoms with van der Waals surface area (Å²) in [5.74, 6) is 0.590. The molecule has 7 heteroatoms. The summed E-state index contributed by atoms with van der Waals surface area (Å²) in [6, 6.07) is 5.27. The molecule has 0 spiro atoms. The molecule has 0 radical (unpaired) electrons. The predicted octanol–water partition coefficient (Wildman–Crippen LogP) is 2.09. The van der Waals surface area contributed by atoms with Gasteiger partial charge in [0.05, 0.1) is 25.7 Å². The maximum absolute atomic E-state index is 12.6. The van der Waals surface area contributed by atoms with Crippen LogP contribution in [0.2, 0.25) is 0 Å². The minimum Gasteiger partial charge on any atom is -0.496 e. The standard InChI is InChI=1S/C19H29N3O4/c1-5-14-7-8-15(11-16(14)26-4)20-18(24)22-10-6-9-19(25,13-22)12-17(23)21(2)3/h7-8,11,25H,5-6,9-10,12-13H2,1-4H3,(H,20,24). The number of nitrogens with one attached hydrogen (secondary N) is 1. The quantitative estimate of drug-likeness (QED) is 0.839. The lowest BCUT2D eigenvalue weighted by molar-refractivity contribution is -0.135. The molecule has 1 aromatic rings. The Labute approximate surface area is 154 Å². The number of anilines is 1. The van der Waals surface area contributed by atoms with Crippen LogP contribution in [0.5, 0.6) is 5.75 Å². The monoisotopic (exact) mass is 363 g/mol. The number of nitrogens with zero attached hydrogens (tertiary/aromatic N) is 2. The number of rotatable bonds is 5. The van der Waals surface area contributed by atoms with Gasteiger partial charge in [-0.15, -0.1) is 0 Å². The van der Waals surface area contributed by atoms with Crippen molar-refractivity contribution in [1.29, 1.82) is 0 Å². The van der Waals surface area contributed by atoms with Crippen LogP contribution >= 0.6 is 0 Å². The van der Waals surface area contributed by atoms with Crippen molar-refractivity contribution in [2.45, 2.75) is 38.2 Å². The lowest BCUT2D eigenvalue weighted by Crippen LogP contribution is -2.53. The van der Waals surface area contributed by atoms with Crippen molar-refractivity contribution in [2.75, 3.05) is 39.6 Å². The number of ether oxygens (including phenoxy) is 1. The Kier molecular flexibility index (Phi) is 6.47. The van der Waals surface area contributed by atoms with Gasteiger partial charge >= 0.3 is 6.03 Å². The minimum atomic E-state index is -1.18. The highest BCUT2D eigenvalue weighted by molar-refractivity contribution is 5.90. The number of aliphatic hydroxyl groups is 1. The fourth-order valence-corrected chi connectivity index (χ4v) is 3.19. The second-order valence-electron chi connectivity index (χ2n) is 7.02. The maximum Gasteiger partial charge on any atom is 0.321 e. The Bertz CT molecular complexity index is 662. The number of methoxy groups -OCH3 is 1. The number of carbonyl (C=O) groups is 2. The molecule has 1 heterocycles. The molecule has 1 aliphatic heterocycles. The summed E-state index contributed by atoms with van der Waals surface area (Å²) < 4.78 is 5.36. The molecular formula is C19H29N3O4. The molecule has 2 N–H and O–H groups in total. The highest BCUT2D eigenvalue weighted by Gasteiger charge is 2.37. The Hall–Kier alpha value is -2.28. The topological polar surface area (TPSA) is 82.1 Å². The van der Waals surface area contributed by atoms with E-state index in [-0.39, 0.29) is 24.9 Å². The molecule has 3 amide bonds. The second kappa shape index (κ2) is 8.40. The van der Waals surface area contributed by atoms with E-state index in [1.165, 1.54) is 4.90 Å². The van der Waals surface area contributed by atoms with Gasteiger partial charge < -0.3 is 25.0 Å². The molecule has 1 saturated heterocycles. The number of amides is 3. The van der Waals surface area contributed by atoms with Crippen molar-refractivity contribution < 1.29 is 19.4 Å². The minimum absolute atomic E-state index is 0.0167. The van der Waals surface area contributed by atoms with Crippen LogP contribution in [0.25, 0.3) is 0 Å². The molecule has 144 valence electrons. The van der Waals surface area contributed by atoms with E-state index in [2.05, 4.69) is 5.32 Å². The molecule has 1 atom stereocenters. The van der Waals surface area contributed by atoms with Crippen molar-refractivity contribution in [3.63, 3.8) is 0 Å². The Balaban J connectivity index is 2.04. The maximum atomic E-state index is 12.6. The summed E-state index contributed by atoms with van der Waals surface area (Å²) in [4.78, 5) is 27.6. The van der Waals surface area contributed by atoms with Gasteiger partial charge in [0.25, 0.3) is 0 Å². The van der Waals surface area contributed by atoms with Gasteiger partial charge in [0.2, 0.25) is 5.91 Å². The molecule has 0 aromatic heterocycles. The largest absolute Gasteiger partial charge is 0.496 e. The van der Waals surface area contributed by atoms with Crippen LogP contribution in [0.4, 0.5) is 10.5 Å². The summed E-state index contributed by atoms with van der Waals surface area (Å²) in [6.07, 6.45) is 2.03. The molecule has 0 aliphatic carbocycles. The Morgan fingerprint density at radius 3 is 2.73 bits per heavy atom. The molecule has 7 nitrogen and oxygen atoms in total. The second-order valence-corrected chi connectivity index (χ2v) is 7.02. The molecule has 0 saturated carbocycles. The van der Waals surface area contributed by atoms with E-state index in [1.54, 1.807) is 32.2 Å². The normalized spacial score (nSPS) is 19.8. The van der Waals surface area contributed by atoms with Crippen LogP contribution in [0, 0.1) is 0 Å². The fourth-order valence-electron chi connectivity index (χ4n) is 3.19. The number of carbonyl (C=O) groups excluding carboxylic acids is 2. The van der Waals surface area contributed by atoms with E-state index in [4.69, 9.17) is 4.74 Å². The zero-order valence-corrected chi connectivity index (χ0v) is 16.0. The lowest BCUT2D eigenvalue weighted by atomic mass is 9.89. The van der Waals surface area contributed by atoms with Gasteiger partial charge in [-0.1, -0.05) is 13.0 Å². The van der Waals surface area contributed by atoms with E-state index in [9.17, 15) is 14.7 Å². The zero-order valence-electron chi connectivity index (χ0n) is 16.0. The number of hydrogen-bond acceptors (Lipinski definition) is 4. The first kappa shape index (κ1) is 20.0. The van der Waals surface area contributed by atoms with Gasteiger partial charge in [0.1, 0.15) is 5.75 Å². The highest BCUT2D eigenvalue weighted by Crippen LogP contribution is 2.27. The van der Waals surface area contributed by atoms with E-state index in [1.807, 2.05) is 19.1 Å².